The Balaban J connectivity index is 1.72. The van der Waals surface area contributed by atoms with Gasteiger partial charge < -0.3 is 5.11 Å². The van der Waals surface area contributed by atoms with Gasteiger partial charge in [-0.25, -0.2) is 12.8 Å². The van der Waals surface area contributed by atoms with Crippen molar-refractivity contribution in [3.8, 4) is 5.75 Å². The molecule has 0 aliphatic heterocycles. The second kappa shape index (κ2) is 11.2. The van der Waals surface area contributed by atoms with Crippen LogP contribution in [0.25, 0.3) is 5.57 Å². The molecule has 0 bridgehead atoms. The first-order valence-electron chi connectivity index (χ1n) is 11.5. The van der Waals surface area contributed by atoms with Gasteiger partial charge in [-0.2, -0.15) is 4.31 Å². The summed E-state index contributed by atoms with van der Waals surface area (Å²) in [6, 6.07) is 15.0. The summed E-state index contributed by atoms with van der Waals surface area (Å²) in [4.78, 5) is 10.4. The predicted molar refractivity (Wildman–Crippen MR) is 144 cm³/mol. The fourth-order valence-electron chi connectivity index (χ4n) is 4.28. The van der Waals surface area contributed by atoms with E-state index in [-0.39, 0.29) is 39.7 Å². The fraction of sp³-hybridized carbons (Fsp3) is 0.185. The molecule has 11 heteroatoms. The smallest absolute Gasteiger partial charge is 0.249 e. The molecule has 1 aliphatic carbocycles. The molecule has 0 fully saturated rings. The number of aromatic hydroxyl groups is 1. The summed E-state index contributed by atoms with van der Waals surface area (Å²) in [5.41, 5.74) is 3.00. The predicted octanol–water partition coefficient (Wildman–Crippen LogP) is 6.81. The highest BCUT2D eigenvalue weighted by Gasteiger charge is 2.30. The third kappa shape index (κ3) is 6.07. The summed E-state index contributed by atoms with van der Waals surface area (Å²) in [6.45, 7) is 1.58. The van der Waals surface area contributed by atoms with E-state index in [1.807, 2.05) is 12.1 Å². The molecule has 0 spiro atoms. The summed E-state index contributed by atoms with van der Waals surface area (Å²) < 4.78 is 42.1. The Morgan fingerprint density at radius 2 is 1.74 bits per heavy atom. The van der Waals surface area contributed by atoms with Crippen molar-refractivity contribution < 1.29 is 22.8 Å². The fourth-order valence-corrected chi connectivity index (χ4v) is 6.44. The number of sulfonamides is 1. The first kappa shape index (κ1) is 27.8. The molecular weight excluding hydrogens is 554 g/mol. The van der Waals surface area contributed by atoms with Gasteiger partial charge in [-0.15, -0.1) is 0 Å². The van der Waals surface area contributed by atoms with Gasteiger partial charge in [-0.05, 0) is 52.9 Å². The van der Waals surface area contributed by atoms with Crippen LogP contribution in [0.3, 0.4) is 0 Å². The van der Waals surface area contributed by atoms with Crippen molar-refractivity contribution in [2.24, 2.45) is 5.92 Å². The van der Waals surface area contributed by atoms with Gasteiger partial charge in [0.15, 0.2) is 5.75 Å². The second-order valence-electron chi connectivity index (χ2n) is 8.98. The molecule has 198 valence electrons. The lowest BCUT2D eigenvalue weighted by Crippen LogP contribution is -2.30. The summed E-state index contributed by atoms with van der Waals surface area (Å²) in [7, 11) is -4.32. The van der Waals surface area contributed by atoms with Gasteiger partial charge in [-0.3, -0.25) is 10.1 Å². The zero-order valence-corrected chi connectivity index (χ0v) is 22.5. The number of hydrogen-bond acceptors (Lipinski definition) is 5. The van der Waals surface area contributed by atoms with E-state index in [9.17, 15) is 28.0 Å². The third-order valence-corrected chi connectivity index (χ3v) is 8.55. The Hall–Kier alpha value is -3.24. The van der Waals surface area contributed by atoms with Crippen LogP contribution < -0.4 is 0 Å². The second-order valence-corrected chi connectivity index (χ2v) is 11.7. The Morgan fingerprint density at radius 3 is 2.39 bits per heavy atom. The topological polar surface area (TPSA) is 101 Å². The average Bonchev–Trinajstić information content (AvgIpc) is 2.87. The van der Waals surface area contributed by atoms with Crippen LogP contribution in [0.15, 0.2) is 83.4 Å². The van der Waals surface area contributed by atoms with Gasteiger partial charge in [0.25, 0.3) is 0 Å². The van der Waals surface area contributed by atoms with Crippen molar-refractivity contribution in [1.29, 1.82) is 0 Å². The number of hydrogen-bond donors (Lipinski definition) is 1. The first-order valence-corrected chi connectivity index (χ1v) is 13.7. The van der Waals surface area contributed by atoms with E-state index in [4.69, 9.17) is 23.2 Å². The molecule has 0 aromatic heterocycles. The highest BCUT2D eigenvalue weighted by molar-refractivity contribution is 7.89. The largest absolute Gasteiger partial charge is 0.505 e. The van der Waals surface area contributed by atoms with Crippen LogP contribution in [-0.4, -0.2) is 22.8 Å². The number of halogens is 3. The zero-order valence-electron chi connectivity index (χ0n) is 20.1. The van der Waals surface area contributed by atoms with E-state index in [2.05, 4.69) is 0 Å². The summed E-state index contributed by atoms with van der Waals surface area (Å²) in [5.74, 6) is -1.36. The Kier molecular flexibility index (Phi) is 8.22. The number of nitrogens with zero attached hydrogens (tertiary/aromatic N) is 2. The lowest BCUT2D eigenvalue weighted by atomic mass is 9.88. The molecule has 4 rings (SSSR count). The van der Waals surface area contributed by atoms with Crippen LogP contribution >= 0.6 is 23.2 Å². The Labute approximate surface area is 229 Å². The maximum atomic E-state index is 13.8. The molecule has 0 radical (unpaired) electrons. The number of phenolic OH excluding ortho intramolecular Hbond substituents is 1. The zero-order chi connectivity index (χ0) is 27.6. The lowest BCUT2D eigenvalue weighted by molar-refractivity contribution is -0.433. The molecule has 1 atom stereocenters. The molecule has 3 aromatic rings. The molecule has 1 unspecified atom stereocenters. The molecule has 3 aromatic carbocycles. The van der Waals surface area contributed by atoms with Crippen LogP contribution in [0.1, 0.15) is 30.0 Å². The molecule has 7 nitrogen and oxygen atoms in total. The molecular formula is C27H23Cl2FN2O5S. The van der Waals surface area contributed by atoms with Gasteiger partial charge in [-0.1, -0.05) is 72.6 Å². The average molecular weight is 577 g/mol. The van der Waals surface area contributed by atoms with Gasteiger partial charge >= 0.3 is 0 Å². The molecule has 0 saturated heterocycles. The number of rotatable bonds is 8. The number of phenols is 1. The molecule has 1 aliphatic rings. The van der Waals surface area contributed by atoms with Gasteiger partial charge in [0, 0.05) is 24.2 Å². The SMILES string of the molecule is CC1CC(c2cccc(CN(Cc3ccc(F)cc3)S(=O)(=O)c3cc(Cl)cc(Cl)c3O)c2)=CC=C1[N+](=O)[O-]. The van der Waals surface area contributed by atoms with Crippen molar-refractivity contribution in [1.82, 2.24) is 4.31 Å². The minimum atomic E-state index is -4.32. The van der Waals surface area contributed by atoms with E-state index < -0.39 is 26.5 Å². The molecule has 0 saturated carbocycles. The Bertz CT molecular complexity index is 1560. The van der Waals surface area contributed by atoms with E-state index in [1.165, 1.54) is 36.4 Å². The van der Waals surface area contributed by atoms with Crippen molar-refractivity contribution in [3.63, 3.8) is 0 Å². The van der Waals surface area contributed by atoms with E-state index in [1.54, 1.807) is 25.1 Å². The van der Waals surface area contributed by atoms with E-state index in [0.29, 0.717) is 17.5 Å². The van der Waals surface area contributed by atoms with Crippen molar-refractivity contribution in [3.05, 3.63) is 121 Å². The van der Waals surface area contributed by atoms with Crippen molar-refractivity contribution in [2.45, 2.75) is 31.3 Å². The van der Waals surface area contributed by atoms with Crippen LogP contribution in [0, 0.1) is 21.8 Å². The molecule has 38 heavy (non-hydrogen) atoms. The van der Waals surface area contributed by atoms with Crippen LogP contribution in [0.5, 0.6) is 5.75 Å². The number of benzene rings is 3. The van der Waals surface area contributed by atoms with E-state index >= 15 is 0 Å². The highest BCUT2D eigenvalue weighted by Crippen LogP contribution is 2.37. The maximum Gasteiger partial charge on any atom is 0.249 e. The maximum absolute atomic E-state index is 13.8. The molecule has 0 amide bonds. The Morgan fingerprint density at radius 1 is 1.05 bits per heavy atom. The van der Waals surface area contributed by atoms with Crippen molar-refractivity contribution >= 4 is 38.8 Å². The van der Waals surface area contributed by atoms with Gasteiger partial charge in [0.05, 0.1) is 15.9 Å². The highest BCUT2D eigenvalue weighted by atomic mass is 35.5. The molecule has 1 N–H and O–H groups in total. The third-order valence-electron chi connectivity index (χ3n) is 6.24. The summed E-state index contributed by atoms with van der Waals surface area (Å²) in [6.07, 6.45) is 3.66. The number of nitro groups is 1. The minimum absolute atomic E-state index is 0.0376. The summed E-state index contributed by atoms with van der Waals surface area (Å²) >= 11 is 12.0. The minimum Gasteiger partial charge on any atom is -0.505 e. The monoisotopic (exact) mass is 576 g/mol. The number of allylic oxidation sites excluding steroid dienone is 4. The lowest BCUT2D eigenvalue weighted by Gasteiger charge is -2.24. The van der Waals surface area contributed by atoms with Crippen LogP contribution in [0.4, 0.5) is 4.39 Å². The van der Waals surface area contributed by atoms with Crippen LogP contribution in [-0.2, 0) is 23.1 Å². The normalized spacial score (nSPS) is 15.8. The van der Waals surface area contributed by atoms with Gasteiger partial charge in [0.1, 0.15) is 10.7 Å². The molecule has 0 heterocycles. The summed E-state index contributed by atoms with van der Waals surface area (Å²) in [5, 5.41) is 21.5. The van der Waals surface area contributed by atoms with Gasteiger partial charge in [0.2, 0.25) is 15.7 Å². The van der Waals surface area contributed by atoms with Crippen LogP contribution in [0.2, 0.25) is 10.0 Å². The first-order chi connectivity index (χ1) is 18.0. The standard InChI is InChI=1S/C27H23Cl2FN2O5S/c1-17-11-21(7-10-25(17)32(34)35)20-4-2-3-19(12-20)16-31(15-18-5-8-23(30)9-6-18)38(36,37)26-14-22(28)13-24(29)27(26)33/h2-10,12-14,17,33H,11,15-16H2,1H3. The quantitative estimate of drug-likeness (QED) is 0.234. The van der Waals surface area contributed by atoms with E-state index in [0.717, 1.165) is 21.5 Å². The van der Waals surface area contributed by atoms with Crippen molar-refractivity contribution in [2.75, 3.05) is 0 Å².